The molecule has 3 N–H and O–H groups in total. The zero-order valence-electron chi connectivity index (χ0n) is 19.1. The van der Waals surface area contributed by atoms with Crippen molar-refractivity contribution >= 4 is 41.5 Å². The second-order valence-corrected chi connectivity index (χ2v) is 7.99. The van der Waals surface area contributed by atoms with Gasteiger partial charge >= 0.3 is 0 Å². The van der Waals surface area contributed by atoms with Gasteiger partial charge in [-0.3, -0.25) is 9.79 Å². The Morgan fingerprint density at radius 3 is 2.62 bits per heavy atom. The molecule has 0 spiro atoms. The van der Waals surface area contributed by atoms with Gasteiger partial charge < -0.3 is 25.6 Å². The van der Waals surface area contributed by atoms with E-state index in [-0.39, 0.29) is 35.8 Å². The first-order valence-electron chi connectivity index (χ1n) is 10.7. The number of fused-ring (bicyclic) bond motifs is 1. The van der Waals surface area contributed by atoms with Crippen molar-refractivity contribution in [2.75, 3.05) is 46.2 Å². The summed E-state index contributed by atoms with van der Waals surface area (Å²) in [5.41, 5.74) is 3.20. The standard InChI is InChI=1S/C24H33N5O2.HI/c1-25-24(27-17-19-15-23(30)28-22-8-5-4-7-21(19)22)26-16-18-9-11-20(12-10-18)31-14-6-13-29(2)3;/h4-5,7-12,19H,6,13-17H2,1-3H3,(H,28,30)(H2,25,26,27);1H. The molecule has 2 aromatic rings. The Morgan fingerprint density at radius 1 is 1.16 bits per heavy atom. The minimum Gasteiger partial charge on any atom is -0.494 e. The predicted octanol–water partition coefficient (Wildman–Crippen LogP) is 3.43. The summed E-state index contributed by atoms with van der Waals surface area (Å²) in [4.78, 5) is 18.5. The maximum atomic E-state index is 12.0. The van der Waals surface area contributed by atoms with Gasteiger partial charge in [-0.2, -0.15) is 0 Å². The zero-order chi connectivity index (χ0) is 22.1. The number of rotatable bonds is 9. The van der Waals surface area contributed by atoms with Crippen molar-refractivity contribution in [1.82, 2.24) is 15.5 Å². The first-order chi connectivity index (χ1) is 15.0. The van der Waals surface area contributed by atoms with Crippen LogP contribution in [0.3, 0.4) is 0 Å². The Hall–Kier alpha value is -2.33. The number of hydrogen-bond donors (Lipinski definition) is 3. The molecule has 0 saturated heterocycles. The minimum absolute atomic E-state index is 0. The van der Waals surface area contributed by atoms with Crippen LogP contribution in [0.5, 0.6) is 5.75 Å². The number of nitrogens with one attached hydrogen (secondary N) is 3. The van der Waals surface area contributed by atoms with Crippen LogP contribution in [0.25, 0.3) is 0 Å². The Labute approximate surface area is 208 Å². The van der Waals surface area contributed by atoms with Crippen molar-refractivity contribution in [1.29, 1.82) is 0 Å². The molecular weight excluding hydrogens is 517 g/mol. The van der Waals surface area contributed by atoms with Crippen molar-refractivity contribution in [3.63, 3.8) is 0 Å². The van der Waals surface area contributed by atoms with Gasteiger partial charge in [0.05, 0.1) is 6.61 Å². The van der Waals surface area contributed by atoms with E-state index in [4.69, 9.17) is 4.74 Å². The topological polar surface area (TPSA) is 78.0 Å². The summed E-state index contributed by atoms with van der Waals surface area (Å²) in [5.74, 6) is 1.77. The van der Waals surface area contributed by atoms with Crippen molar-refractivity contribution in [2.45, 2.75) is 25.3 Å². The molecule has 8 heteroatoms. The lowest BCUT2D eigenvalue weighted by Crippen LogP contribution is -2.40. The predicted molar refractivity (Wildman–Crippen MR) is 141 cm³/mol. The van der Waals surface area contributed by atoms with Crippen molar-refractivity contribution in [3.05, 3.63) is 59.7 Å². The first-order valence-corrected chi connectivity index (χ1v) is 10.7. The molecule has 0 bridgehead atoms. The smallest absolute Gasteiger partial charge is 0.225 e. The SMILES string of the molecule is CN=C(NCc1ccc(OCCCN(C)C)cc1)NCC1CC(=O)Nc2ccccc21.I. The molecule has 3 rings (SSSR count). The van der Waals surface area contributed by atoms with E-state index in [0.717, 1.165) is 35.5 Å². The molecule has 0 aromatic heterocycles. The summed E-state index contributed by atoms with van der Waals surface area (Å²) >= 11 is 0. The molecule has 32 heavy (non-hydrogen) atoms. The van der Waals surface area contributed by atoms with Crippen molar-refractivity contribution in [2.24, 2.45) is 4.99 Å². The Balaban J connectivity index is 0.00000363. The summed E-state index contributed by atoms with van der Waals surface area (Å²) in [5, 5.41) is 9.63. The number of guanidine groups is 1. The quantitative estimate of drug-likeness (QED) is 0.193. The maximum Gasteiger partial charge on any atom is 0.225 e. The lowest BCUT2D eigenvalue weighted by atomic mass is 9.90. The van der Waals surface area contributed by atoms with Crippen LogP contribution in [0, 0.1) is 0 Å². The van der Waals surface area contributed by atoms with Crippen LogP contribution in [0.2, 0.25) is 0 Å². The molecule has 0 saturated carbocycles. The number of para-hydroxylation sites is 1. The molecular formula is C24H34IN5O2. The number of amides is 1. The molecule has 1 amide bonds. The highest BCUT2D eigenvalue weighted by molar-refractivity contribution is 14.0. The highest BCUT2D eigenvalue weighted by atomic mass is 127. The van der Waals surface area contributed by atoms with E-state index in [1.807, 2.05) is 30.3 Å². The third-order valence-electron chi connectivity index (χ3n) is 5.25. The fourth-order valence-corrected chi connectivity index (χ4v) is 3.58. The summed E-state index contributed by atoms with van der Waals surface area (Å²) in [6, 6.07) is 16.1. The third-order valence-corrected chi connectivity index (χ3v) is 5.25. The molecule has 1 unspecified atom stereocenters. The highest BCUT2D eigenvalue weighted by Gasteiger charge is 2.24. The van der Waals surface area contributed by atoms with Gasteiger partial charge in [-0.05, 0) is 49.8 Å². The zero-order valence-corrected chi connectivity index (χ0v) is 21.4. The number of hydrogen-bond acceptors (Lipinski definition) is 4. The fourth-order valence-electron chi connectivity index (χ4n) is 3.58. The van der Waals surface area contributed by atoms with Crippen molar-refractivity contribution < 1.29 is 9.53 Å². The van der Waals surface area contributed by atoms with Crippen LogP contribution in [0.15, 0.2) is 53.5 Å². The third kappa shape index (κ3) is 7.98. The summed E-state index contributed by atoms with van der Waals surface area (Å²) in [6.07, 6.45) is 1.47. The molecule has 2 aromatic carbocycles. The van der Waals surface area contributed by atoms with Gasteiger partial charge in [-0.25, -0.2) is 0 Å². The van der Waals surface area contributed by atoms with Gasteiger partial charge in [0, 0.05) is 44.7 Å². The molecule has 1 heterocycles. The molecule has 1 aliphatic heterocycles. The molecule has 0 aliphatic carbocycles. The minimum atomic E-state index is 0. The van der Waals surface area contributed by atoms with E-state index in [2.05, 4.69) is 58.1 Å². The van der Waals surface area contributed by atoms with Gasteiger partial charge in [0.25, 0.3) is 0 Å². The number of anilines is 1. The van der Waals surface area contributed by atoms with Gasteiger partial charge in [0.1, 0.15) is 5.75 Å². The van der Waals surface area contributed by atoms with Crippen LogP contribution in [0.4, 0.5) is 5.69 Å². The van der Waals surface area contributed by atoms with E-state index in [1.165, 1.54) is 0 Å². The Kier molecular flexibility index (Phi) is 10.8. The van der Waals surface area contributed by atoms with Crippen LogP contribution >= 0.6 is 24.0 Å². The summed E-state index contributed by atoms with van der Waals surface area (Å²) in [6.45, 7) is 3.03. The molecule has 1 aliphatic rings. The molecule has 7 nitrogen and oxygen atoms in total. The lowest BCUT2D eigenvalue weighted by molar-refractivity contribution is -0.116. The second kappa shape index (κ2) is 13.3. The molecule has 1 atom stereocenters. The molecule has 0 fully saturated rings. The second-order valence-electron chi connectivity index (χ2n) is 7.99. The number of halogens is 1. The molecule has 0 radical (unpaired) electrons. The lowest BCUT2D eigenvalue weighted by Gasteiger charge is -2.26. The first kappa shape index (κ1) is 25.9. The van der Waals surface area contributed by atoms with E-state index >= 15 is 0 Å². The van der Waals surface area contributed by atoms with Gasteiger partial charge in [0.15, 0.2) is 5.96 Å². The fraction of sp³-hybridized carbons (Fsp3) is 0.417. The van der Waals surface area contributed by atoms with Crippen LogP contribution < -0.4 is 20.7 Å². The summed E-state index contributed by atoms with van der Waals surface area (Å²) in [7, 11) is 5.88. The monoisotopic (exact) mass is 551 g/mol. The van der Waals surface area contributed by atoms with Crippen LogP contribution in [0.1, 0.15) is 29.9 Å². The van der Waals surface area contributed by atoms with Crippen molar-refractivity contribution in [3.8, 4) is 5.75 Å². The number of benzene rings is 2. The van der Waals surface area contributed by atoms with Crippen LogP contribution in [-0.2, 0) is 11.3 Å². The normalized spacial score (nSPS) is 15.4. The van der Waals surface area contributed by atoms with Crippen LogP contribution in [-0.4, -0.2) is 57.6 Å². The Morgan fingerprint density at radius 2 is 1.91 bits per heavy atom. The van der Waals surface area contributed by atoms with Gasteiger partial charge in [-0.15, -0.1) is 24.0 Å². The van der Waals surface area contributed by atoms with E-state index < -0.39 is 0 Å². The van der Waals surface area contributed by atoms with E-state index in [0.29, 0.717) is 32.1 Å². The summed E-state index contributed by atoms with van der Waals surface area (Å²) < 4.78 is 5.79. The average Bonchev–Trinajstić information content (AvgIpc) is 2.77. The number of ether oxygens (including phenoxy) is 1. The number of aliphatic imine (C=N–C) groups is 1. The number of carbonyl (C=O) groups excluding carboxylic acids is 1. The average molecular weight is 551 g/mol. The van der Waals surface area contributed by atoms with Gasteiger partial charge in [-0.1, -0.05) is 30.3 Å². The maximum absolute atomic E-state index is 12.0. The van der Waals surface area contributed by atoms with E-state index in [9.17, 15) is 4.79 Å². The molecule has 174 valence electrons. The number of carbonyl (C=O) groups is 1. The number of nitrogens with zero attached hydrogens (tertiary/aromatic N) is 2. The Bertz CT molecular complexity index is 886. The highest BCUT2D eigenvalue weighted by Crippen LogP contribution is 2.31. The largest absolute Gasteiger partial charge is 0.494 e. The van der Waals surface area contributed by atoms with Gasteiger partial charge in [0.2, 0.25) is 5.91 Å². The van der Waals surface area contributed by atoms with E-state index in [1.54, 1.807) is 7.05 Å².